The molecule has 13 heavy (non-hydrogen) atoms. The maximum atomic E-state index is 3.81. The number of hydrogen-bond acceptors (Lipinski definition) is 1. The van der Waals surface area contributed by atoms with Gasteiger partial charge in [0.2, 0.25) is 0 Å². The average Bonchev–Trinajstić information content (AvgIpc) is 2.07. The van der Waals surface area contributed by atoms with Gasteiger partial charge in [0.05, 0.1) is 0 Å². The summed E-state index contributed by atoms with van der Waals surface area (Å²) in [5, 5.41) is 3.58. The number of allylic oxidation sites excluding steroid dienone is 1. The smallest absolute Gasteiger partial charge is 0.0398 e. The Bertz CT molecular complexity index is 169. The van der Waals surface area contributed by atoms with Gasteiger partial charge in [-0.2, -0.15) is 0 Å². The molecule has 1 aliphatic rings. The Morgan fingerprint density at radius 1 is 1.46 bits per heavy atom. The Labute approximate surface area is 87.7 Å². The first-order valence-corrected chi connectivity index (χ1v) is 4.83. The molecule has 0 spiro atoms. The van der Waals surface area contributed by atoms with Crippen molar-refractivity contribution in [3.8, 4) is 0 Å². The van der Waals surface area contributed by atoms with Gasteiger partial charge in [-0.3, -0.25) is 0 Å². The third-order valence-electron chi connectivity index (χ3n) is 2.52. The highest BCUT2D eigenvalue weighted by Crippen LogP contribution is 2.24. The molecular formula is C11H20ClN. The highest BCUT2D eigenvalue weighted by molar-refractivity contribution is 5.85. The lowest BCUT2D eigenvalue weighted by atomic mass is 9.85. The van der Waals surface area contributed by atoms with Crippen LogP contribution >= 0.6 is 12.4 Å². The van der Waals surface area contributed by atoms with E-state index in [2.05, 4.69) is 31.0 Å². The van der Waals surface area contributed by atoms with E-state index in [0.717, 1.165) is 13.0 Å². The van der Waals surface area contributed by atoms with Crippen molar-refractivity contribution >= 4 is 12.4 Å². The summed E-state index contributed by atoms with van der Waals surface area (Å²) in [4.78, 5) is 0. The maximum absolute atomic E-state index is 3.81. The quantitative estimate of drug-likeness (QED) is 0.693. The van der Waals surface area contributed by atoms with Gasteiger partial charge in [-0.1, -0.05) is 24.6 Å². The van der Waals surface area contributed by atoms with Gasteiger partial charge in [-0.05, 0) is 32.7 Å². The Balaban J connectivity index is 0.00000144. The highest BCUT2D eigenvalue weighted by atomic mass is 35.5. The Morgan fingerprint density at radius 2 is 2.23 bits per heavy atom. The van der Waals surface area contributed by atoms with E-state index >= 15 is 0 Å². The molecule has 1 atom stereocenters. The van der Waals surface area contributed by atoms with Gasteiger partial charge in [0.25, 0.3) is 0 Å². The van der Waals surface area contributed by atoms with Gasteiger partial charge < -0.3 is 5.32 Å². The number of piperidine rings is 1. The molecule has 2 heteroatoms. The van der Waals surface area contributed by atoms with Crippen LogP contribution in [0.3, 0.4) is 0 Å². The Morgan fingerprint density at radius 3 is 2.69 bits per heavy atom. The second-order valence-corrected chi connectivity index (χ2v) is 3.53. The predicted molar refractivity (Wildman–Crippen MR) is 61.5 cm³/mol. The number of nitrogens with one attached hydrogen (secondary N) is 1. The van der Waals surface area contributed by atoms with Crippen molar-refractivity contribution in [2.45, 2.75) is 38.1 Å². The van der Waals surface area contributed by atoms with Gasteiger partial charge in [-0.15, -0.1) is 19.0 Å². The lowest BCUT2D eigenvalue weighted by molar-refractivity contribution is 0.317. The van der Waals surface area contributed by atoms with Crippen LogP contribution in [-0.2, 0) is 0 Å². The second-order valence-electron chi connectivity index (χ2n) is 3.53. The maximum Gasteiger partial charge on any atom is 0.0398 e. The lowest BCUT2D eigenvalue weighted by Crippen LogP contribution is -2.46. The monoisotopic (exact) mass is 201 g/mol. The lowest BCUT2D eigenvalue weighted by Gasteiger charge is -2.35. The molecule has 1 aliphatic heterocycles. The summed E-state index contributed by atoms with van der Waals surface area (Å²) in [6, 6.07) is 0. The minimum atomic E-state index is 0. The van der Waals surface area contributed by atoms with Crippen LogP contribution in [0.2, 0.25) is 0 Å². The Hall–Kier alpha value is -0.270. The molecule has 1 rings (SSSR count). The number of hydrogen-bond donors (Lipinski definition) is 1. The molecule has 0 bridgehead atoms. The molecule has 1 fully saturated rings. The van der Waals surface area contributed by atoms with Crippen LogP contribution in [-0.4, -0.2) is 12.1 Å². The molecule has 1 nitrogen and oxygen atoms in total. The van der Waals surface area contributed by atoms with E-state index in [0.29, 0.717) is 0 Å². The van der Waals surface area contributed by atoms with Gasteiger partial charge in [0.1, 0.15) is 0 Å². The molecule has 0 aliphatic carbocycles. The molecule has 1 unspecified atom stereocenters. The molecule has 1 heterocycles. The van der Waals surface area contributed by atoms with Crippen molar-refractivity contribution in [3.63, 3.8) is 0 Å². The van der Waals surface area contributed by atoms with E-state index in [1.54, 1.807) is 0 Å². The first-order chi connectivity index (χ1) is 5.83. The molecule has 0 aromatic rings. The van der Waals surface area contributed by atoms with Crippen LogP contribution in [0.25, 0.3) is 0 Å². The van der Waals surface area contributed by atoms with Gasteiger partial charge in [0, 0.05) is 5.54 Å². The fourth-order valence-electron chi connectivity index (χ4n) is 1.95. The second kappa shape index (κ2) is 6.22. The molecule has 0 saturated carbocycles. The molecule has 1 saturated heterocycles. The van der Waals surface area contributed by atoms with E-state index in [9.17, 15) is 0 Å². The molecule has 0 aromatic heterocycles. The van der Waals surface area contributed by atoms with Gasteiger partial charge >= 0.3 is 0 Å². The van der Waals surface area contributed by atoms with Crippen molar-refractivity contribution in [1.82, 2.24) is 5.32 Å². The minimum Gasteiger partial charge on any atom is -0.308 e. The van der Waals surface area contributed by atoms with E-state index in [1.165, 1.54) is 19.3 Å². The van der Waals surface area contributed by atoms with Gasteiger partial charge in [0.15, 0.2) is 0 Å². The molecule has 76 valence electrons. The van der Waals surface area contributed by atoms with Crippen LogP contribution in [0.1, 0.15) is 32.6 Å². The van der Waals surface area contributed by atoms with Crippen LogP contribution in [0.5, 0.6) is 0 Å². The highest BCUT2D eigenvalue weighted by Gasteiger charge is 2.26. The SMILES string of the molecule is C=CCC1(/C=C/C)CCCCN1.Cl. The van der Waals surface area contributed by atoms with Gasteiger partial charge in [-0.25, -0.2) is 0 Å². The fourth-order valence-corrected chi connectivity index (χ4v) is 1.95. The summed E-state index contributed by atoms with van der Waals surface area (Å²) in [6.07, 6.45) is 11.4. The van der Waals surface area contributed by atoms with E-state index in [-0.39, 0.29) is 17.9 Å². The third kappa shape index (κ3) is 3.53. The summed E-state index contributed by atoms with van der Waals surface area (Å²) in [5.74, 6) is 0. The fraction of sp³-hybridized carbons (Fsp3) is 0.636. The average molecular weight is 202 g/mol. The van der Waals surface area contributed by atoms with Crippen LogP contribution in [0, 0.1) is 0 Å². The zero-order valence-electron chi connectivity index (χ0n) is 8.38. The van der Waals surface area contributed by atoms with Crippen LogP contribution in [0.15, 0.2) is 24.8 Å². The van der Waals surface area contributed by atoms with Crippen molar-refractivity contribution in [2.75, 3.05) is 6.54 Å². The van der Waals surface area contributed by atoms with Crippen LogP contribution in [0.4, 0.5) is 0 Å². The summed E-state index contributed by atoms with van der Waals surface area (Å²) in [5.41, 5.74) is 0.231. The van der Waals surface area contributed by atoms with Crippen molar-refractivity contribution in [1.29, 1.82) is 0 Å². The van der Waals surface area contributed by atoms with E-state index < -0.39 is 0 Å². The van der Waals surface area contributed by atoms with E-state index in [1.807, 2.05) is 6.08 Å². The number of rotatable bonds is 3. The predicted octanol–water partition coefficient (Wildman–Crippen LogP) is 3.07. The molecular weight excluding hydrogens is 182 g/mol. The topological polar surface area (TPSA) is 12.0 Å². The summed E-state index contributed by atoms with van der Waals surface area (Å²) >= 11 is 0. The molecule has 0 radical (unpaired) electrons. The number of halogens is 1. The Kier molecular flexibility index (Phi) is 6.10. The normalized spacial score (nSPS) is 28.4. The molecule has 1 N–H and O–H groups in total. The molecule has 0 amide bonds. The third-order valence-corrected chi connectivity index (χ3v) is 2.52. The summed E-state index contributed by atoms with van der Waals surface area (Å²) in [6.45, 7) is 7.04. The largest absolute Gasteiger partial charge is 0.308 e. The van der Waals surface area contributed by atoms with Crippen molar-refractivity contribution in [3.05, 3.63) is 24.8 Å². The first-order valence-electron chi connectivity index (χ1n) is 4.83. The zero-order valence-corrected chi connectivity index (χ0v) is 9.20. The van der Waals surface area contributed by atoms with Crippen molar-refractivity contribution in [2.24, 2.45) is 0 Å². The van der Waals surface area contributed by atoms with Crippen molar-refractivity contribution < 1.29 is 0 Å². The molecule has 0 aromatic carbocycles. The minimum absolute atomic E-state index is 0. The zero-order chi connectivity index (χ0) is 8.86. The first kappa shape index (κ1) is 12.7. The van der Waals surface area contributed by atoms with Crippen LogP contribution < -0.4 is 5.32 Å². The standard InChI is InChI=1S/C11H19N.ClH/c1-3-7-11(8-4-2)9-5-6-10-12-11;/h3-4,8,12H,1,5-7,9-10H2,2H3;1H/b8-4+;. The van der Waals surface area contributed by atoms with E-state index in [4.69, 9.17) is 0 Å². The summed E-state index contributed by atoms with van der Waals surface area (Å²) in [7, 11) is 0. The summed E-state index contributed by atoms with van der Waals surface area (Å²) < 4.78 is 0.